The van der Waals surface area contributed by atoms with Crippen LogP contribution in [0, 0.1) is 0 Å². The van der Waals surface area contributed by atoms with Crippen molar-refractivity contribution in [2.45, 2.75) is 45.6 Å². The SMILES string of the molecule is CCCC(C)n1ccc2c3c4oc(c5c4Cc4ccccc4C5)c3ccc21. The van der Waals surface area contributed by atoms with Gasteiger partial charge >= 0.3 is 0 Å². The molecule has 2 bridgehead atoms. The first-order chi connectivity index (χ1) is 13.3. The van der Waals surface area contributed by atoms with E-state index in [0.717, 1.165) is 24.0 Å². The summed E-state index contributed by atoms with van der Waals surface area (Å²) < 4.78 is 8.83. The molecular weight excluding hydrogens is 330 g/mol. The smallest absolute Gasteiger partial charge is 0.140 e. The van der Waals surface area contributed by atoms with Gasteiger partial charge in [0.05, 0.1) is 0 Å². The Bertz CT molecular complexity index is 1300. The molecule has 6 rings (SSSR count). The van der Waals surface area contributed by atoms with Crippen molar-refractivity contribution in [3.63, 3.8) is 0 Å². The van der Waals surface area contributed by atoms with E-state index >= 15 is 0 Å². The molecule has 2 aromatic carbocycles. The van der Waals surface area contributed by atoms with Gasteiger partial charge in [-0.25, -0.2) is 0 Å². The van der Waals surface area contributed by atoms with E-state index < -0.39 is 0 Å². The first-order valence-corrected chi connectivity index (χ1v) is 10.1. The van der Waals surface area contributed by atoms with Crippen molar-refractivity contribution < 1.29 is 4.42 Å². The van der Waals surface area contributed by atoms with Crippen LogP contribution < -0.4 is 0 Å². The second-order valence-electron chi connectivity index (χ2n) is 8.12. The predicted octanol–water partition coefficient (Wildman–Crippen LogP) is 6.83. The normalized spacial score (nSPS) is 14.9. The second-order valence-corrected chi connectivity index (χ2v) is 8.12. The maximum absolute atomic E-state index is 6.40. The van der Waals surface area contributed by atoms with Crippen molar-refractivity contribution >= 4 is 32.8 Å². The van der Waals surface area contributed by atoms with Crippen LogP contribution in [0.5, 0.6) is 0 Å². The Labute approximate surface area is 158 Å². The van der Waals surface area contributed by atoms with Crippen LogP contribution in [0.1, 0.15) is 55.0 Å². The summed E-state index contributed by atoms with van der Waals surface area (Å²) in [6.07, 6.45) is 6.66. The molecule has 5 aromatic rings. The molecule has 27 heavy (non-hydrogen) atoms. The van der Waals surface area contributed by atoms with Gasteiger partial charge in [-0.3, -0.25) is 0 Å². The molecule has 0 spiro atoms. The largest absolute Gasteiger partial charge is 0.455 e. The Balaban J connectivity index is 1.60. The molecule has 1 aliphatic rings. The molecule has 2 heteroatoms. The molecule has 0 radical (unpaired) electrons. The summed E-state index contributed by atoms with van der Waals surface area (Å²) >= 11 is 0. The minimum Gasteiger partial charge on any atom is -0.455 e. The maximum atomic E-state index is 6.40. The van der Waals surface area contributed by atoms with Crippen LogP contribution in [-0.4, -0.2) is 4.57 Å². The highest BCUT2D eigenvalue weighted by Crippen LogP contribution is 2.46. The summed E-state index contributed by atoms with van der Waals surface area (Å²) in [5.74, 6) is 0. The molecule has 1 atom stereocenters. The predicted molar refractivity (Wildman–Crippen MR) is 112 cm³/mol. The standard InChI is InChI=1S/C25H23NO/c1-3-6-15(2)26-12-11-18-22(26)10-9-19-23(18)25-21-14-17-8-5-4-7-16(17)13-20(21)24(19)27-25/h4-5,7-12,15H,3,6,13-14H2,1-2H3. The Morgan fingerprint density at radius 2 is 1.67 bits per heavy atom. The minimum atomic E-state index is 0.527. The summed E-state index contributed by atoms with van der Waals surface area (Å²) in [6, 6.07) is 16.2. The van der Waals surface area contributed by atoms with E-state index in [9.17, 15) is 0 Å². The summed E-state index contributed by atoms with van der Waals surface area (Å²) in [5.41, 5.74) is 9.28. The zero-order chi connectivity index (χ0) is 18.1. The molecule has 1 unspecified atom stereocenters. The Morgan fingerprint density at radius 3 is 2.41 bits per heavy atom. The Hall–Kier alpha value is -2.74. The van der Waals surface area contributed by atoms with Crippen molar-refractivity contribution in [1.29, 1.82) is 0 Å². The highest BCUT2D eigenvalue weighted by molar-refractivity contribution is 6.22. The molecular formula is C25H23NO. The second kappa shape index (κ2) is 5.39. The summed E-state index contributed by atoms with van der Waals surface area (Å²) in [5, 5.41) is 3.95. The van der Waals surface area contributed by atoms with Crippen molar-refractivity contribution in [3.8, 4) is 0 Å². The fraction of sp³-hybridized carbons (Fsp3) is 0.280. The number of hydrogen-bond acceptors (Lipinski definition) is 1. The lowest BCUT2D eigenvalue weighted by Crippen LogP contribution is -2.06. The van der Waals surface area contributed by atoms with Gasteiger partial charge in [-0.2, -0.15) is 0 Å². The molecule has 3 aromatic heterocycles. The van der Waals surface area contributed by atoms with Crippen LogP contribution in [0.3, 0.4) is 0 Å². The fourth-order valence-corrected chi connectivity index (χ4v) is 5.19. The van der Waals surface area contributed by atoms with Gasteiger partial charge in [-0.05, 0) is 42.7 Å². The zero-order valence-corrected chi connectivity index (χ0v) is 15.9. The maximum Gasteiger partial charge on any atom is 0.140 e. The molecule has 1 aliphatic carbocycles. The highest BCUT2D eigenvalue weighted by Gasteiger charge is 2.28. The molecule has 0 fully saturated rings. The van der Waals surface area contributed by atoms with Crippen molar-refractivity contribution in [2.75, 3.05) is 0 Å². The molecule has 2 nitrogen and oxygen atoms in total. The molecule has 3 heterocycles. The van der Waals surface area contributed by atoms with E-state index in [0.29, 0.717) is 6.04 Å². The first-order valence-electron chi connectivity index (χ1n) is 10.1. The van der Waals surface area contributed by atoms with Gasteiger partial charge < -0.3 is 8.98 Å². The highest BCUT2D eigenvalue weighted by atomic mass is 16.3. The number of hydrogen-bond donors (Lipinski definition) is 0. The third kappa shape index (κ3) is 1.96. The van der Waals surface area contributed by atoms with E-state index in [4.69, 9.17) is 4.42 Å². The average molecular weight is 353 g/mol. The summed E-state index contributed by atoms with van der Waals surface area (Å²) in [4.78, 5) is 0. The number of aromatic nitrogens is 1. The third-order valence-electron chi connectivity index (χ3n) is 6.52. The zero-order valence-electron chi connectivity index (χ0n) is 15.9. The number of nitrogens with zero attached hydrogens (tertiary/aromatic N) is 1. The van der Waals surface area contributed by atoms with Gasteiger partial charge in [0.25, 0.3) is 0 Å². The van der Waals surface area contributed by atoms with Gasteiger partial charge in [-0.15, -0.1) is 0 Å². The van der Waals surface area contributed by atoms with E-state index in [2.05, 4.69) is 67.1 Å². The van der Waals surface area contributed by atoms with Crippen molar-refractivity contribution in [2.24, 2.45) is 0 Å². The Morgan fingerprint density at radius 1 is 0.926 bits per heavy atom. The van der Waals surface area contributed by atoms with E-state index in [1.54, 1.807) is 0 Å². The third-order valence-corrected chi connectivity index (χ3v) is 6.52. The first kappa shape index (κ1) is 15.3. The van der Waals surface area contributed by atoms with E-state index in [1.807, 2.05) is 0 Å². The molecule has 134 valence electrons. The van der Waals surface area contributed by atoms with Crippen molar-refractivity contribution in [3.05, 3.63) is 70.9 Å². The number of furan rings is 2. The van der Waals surface area contributed by atoms with Crippen LogP contribution >= 0.6 is 0 Å². The lowest BCUT2D eigenvalue weighted by atomic mass is 9.84. The molecule has 0 N–H and O–H groups in total. The van der Waals surface area contributed by atoms with E-state index in [-0.39, 0.29) is 0 Å². The Kier molecular flexibility index (Phi) is 3.06. The van der Waals surface area contributed by atoms with Gasteiger partial charge in [0.1, 0.15) is 11.2 Å². The van der Waals surface area contributed by atoms with E-state index in [1.165, 1.54) is 56.8 Å². The average Bonchev–Trinajstić information content (AvgIpc) is 3.37. The molecule has 0 aliphatic heterocycles. The van der Waals surface area contributed by atoms with Crippen LogP contribution in [0.2, 0.25) is 0 Å². The van der Waals surface area contributed by atoms with Crippen molar-refractivity contribution in [1.82, 2.24) is 4.57 Å². The number of benzene rings is 3. The van der Waals surface area contributed by atoms with Crippen LogP contribution in [0.15, 0.2) is 53.1 Å². The van der Waals surface area contributed by atoms with Crippen LogP contribution in [0.25, 0.3) is 32.8 Å². The van der Waals surface area contributed by atoms with Crippen LogP contribution in [0.4, 0.5) is 0 Å². The quantitative estimate of drug-likeness (QED) is 0.341. The lowest BCUT2D eigenvalue weighted by Gasteiger charge is -2.18. The van der Waals surface area contributed by atoms with Gasteiger partial charge in [0.2, 0.25) is 0 Å². The number of rotatable bonds is 3. The minimum absolute atomic E-state index is 0.527. The van der Waals surface area contributed by atoms with Gasteiger partial charge in [0.15, 0.2) is 0 Å². The fourth-order valence-electron chi connectivity index (χ4n) is 5.19. The van der Waals surface area contributed by atoms with Gasteiger partial charge in [0, 0.05) is 57.9 Å². The van der Waals surface area contributed by atoms with Gasteiger partial charge in [-0.1, -0.05) is 37.6 Å². The summed E-state index contributed by atoms with van der Waals surface area (Å²) in [6.45, 7) is 4.58. The molecule has 0 saturated carbocycles. The lowest BCUT2D eigenvalue weighted by molar-refractivity contribution is 0.515. The van der Waals surface area contributed by atoms with Crippen LogP contribution in [-0.2, 0) is 12.8 Å². The monoisotopic (exact) mass is 353 g/mol. The molecule has 0 amide bonds. The topological polar surface area (TPSA) is 18.1 Å². The molecule has 0 saturated heterocycles. The number of fused-ring (bicyclic) bond motifs is 11. The summed E-state index contributed by atoms with van der Waals surface area (Å²) in [7, 11) is 0.